The minimum atomic E-state index is -4.80. The van der Waals surface area contributed by atoms with Gasteiger partial charge in [-0.2, -0.15) is 0 Å². The van der Waals surface area contributed by atoms with Gasteiger partial charge in [-0.25, -0.2) is 0 Å². The van der Waals surface area contributed by atoms with E-state index in [9.17, 15) is 27.9 Å². The Balaban J connectivity index is 1.16. The van der Waals surface area contributed by atoms with Crippen LogP contribution in [0.2, 0.25) is 0 Å². The van der Waals surface area contributed by atoms with E-state index in [2.05, 4.69) is 36.0 Å². The predicted octanol–water partition coefficient (Wildman–Crippen LogP) is 2.64. The third kappa shape index (κ3) is 9.13. The monoisotopic (exact) mass is 572 g/mol. The van der Waals surface area contributed by atoms with E-state index in [0.29, 0.717) is 37.1 Å². The van der Waals surface area contributed by atoms with Crippen LogP contribution in [0.25, 0.3) is 0 Å². The first-order chi connectivity index (χ1) is 19.7. The van der Waals surface area contributed by atoms with Crippen molar-refractivity contribution < 1.29 is 32.6 Å². The average Bonchev–Trinajstić information content (AvgIpc) is 3.63. The molecule has 12 nitrogen and oxygen atoms in total. The number of aliphatic hydroxyl groups excluding tert-OH is 1. The number of benzene rings is 2. The standard InChI is InChI=1S/C26H27F3N8O4/c27-26(28,29)41-20-10-6-7-18(13-20)14-30-24(39)21-16-36(34-32-21)11-4-5-12-37-17-22(33-35-37)25(40)31-15-23(38)19-8-2-1-3-9-19/h1-3,6-10,13,16-17,23,38H,4-5,11-12,14-15H2,(H,30,39)(H,31,40)/t23-/m1/s1. The zero-order valence-corrected chi connectivity index (χ0v) is 21.7. The van der Waals surface area contributed by atoms with E-state index in [1.807, 2.05) is 6.07 Å². The van der Waals surface area contributed by atoms with Crippen LogP contribution < -0.4 is 15.4 Å². The maximum absolute atomic E-state index is 12.4. The fraction of sp³-hybridized carbons (Fsp3) is 0.308. The summed E-state index contributed by atoms with van der Waals surface area (Å²) < 4.78 is 44.1. The molecule has 2 heterocycles. The Kier molecular flexibility index (Phi) is 9.63. The number of halogens is 3. The van der Waals surface area contributed by atoms with Crippen LogP contribution in [0.4, 0.5) is 13.2 Å². The van der Waals surface area contributed by atoms with E-state index in [1.54, 1.807) is 30.3 Å². The van der Waals surface area contributed by atoms with Gasteiger partial charge in [0.15, 0.2) is 11.4 Å². The van der Waals surface area contributed by atoms with Gasteiger partial charge in [0.05, 0.1) is 18.5 Å². The summed E-state index contributed by atoms with van der Waals surface area (Å²) in [5.74, 6) is -1.34. The number of nitrogens with one attached hydrogen (secondary N) is 2. The van der Waals surface area contributed by atoms with Crippen molar-refractivity contribution in [2.75, 3.05) is 6.54 Å². The van der Waals surface area contributed by atoms with E-state index in [4.69, 9.17) is 0 Å². The highest BCUT2D eigenvalue weighted by Gasteiger charge is 2.31. The van der Waals surface area contributed by atoms with Crippen molar-refractivity contribution in [1.29, 1.82) is 0 Å². The molecule has 1 atom stereocenters. The largest absolute Gasteiger partial charge is 0.573 e. The van der Waals surface area contributed by atoms with Crippen LogP contribution >= 0.6 is 0 Å². The van der Waals surface area contributed by atoms with Gasteiger partial charge in [-0.15, -0.1) is 23.4 Å². The average molecular weight is 573 g/mol. The number of unbranched alkanes of at least 4 members (excludes halogenated alkanes) is 1. The summed E-state index contributed by atoms with van der Waals surface area (Å²) in [7, 11) is 0. The third-order valence-electron chi connectivity index (χ3n) is 5.79. The number of ether oxygens (including phenoxy) is 1. The molecule has 2 aromatic carbocycles. The Morgan fingerprint density at radius 3 is 2.10 bits per heavy atom. The summed E-state index contributed by atoms with van der Waals surface area (Å²) in [6, 6.07) is 14.3. The predicted molar refractivity (Wildman–Crippen MR) is 137 cm³/mol. The van der Waals surface area contributed by atoms with Gasteiger partial charge >= 0.3 is 6.36 Å². The second-order valence-electron chi connectivity index (χ2n) is 8.96. The molecule has 0 unspecified atom stereocenters. The lowest BCUT2D eigenvalue weighted by Crippen LogP contribution is -2.28. The quantitative estimate of drug-likeness (QED) is 0.207. The molecule has 0 radical (unpaired) electrons. The van der Waals surface area contributed by atoms with Crippen molar-refractivity contribution in [3.8, 4) is 5.75 Å². The molecule has 0 bridgehead atoms. The van der Waals surface area contributed by atoms with Crippen LogP contribution in [-0.4, -0.2) is 59.8 Å². The molecule has 0 fully saturated rings. The summed E-state index contributed by atoms with van der Waals surface area (Å²) in [6.07, 6.45) is -1.30. The van der Waals surface area contributed by atoms with Crippen molar-refractivity contribution in [3.63, 3.8) is 0 Å². The fourth-order valence-corrected chi connectivity index (χ4v) is 3.77. The normalized spacial score (nSPS) is 12.1. The van der Waals surface area contributed by atoms with E-state index in [1.165, 1.54) is 40.0 Å². The Hall–Kier alpha value is -4.79. The highest BCUT2D eigenvalue weighted by molar-refractivity contribution is 5.92. The molecule has 15 heteroatoms. The van der Waals surface area contributed by atoms with Gasteiger partial charge in [0.25, 0.3) is 11.8 Å². The molecule has 4 aromatic rings. The minimum Gasteiger partial charge on any atom is -0.406 e. The van der Waals surface area contributed by atoms with E-state index in [0.717, 1.165) is 0 Å². The summed E-state index contributed by atoms with van der Waals surface area (Å²) in [6.45, 7) is 0.979. The molecule has 3 N–H and O–H groups in total. The maximum Gasteiger partial charge on any atom is 0.573 e. The molecule has 0 saturated heterocycles. The second kappa shape index (κ2) is 13.5. The SMILES string of the molecule is O=C(NCc1cccc(OC(F)(F)F)c1)c1cn(CCCCn2cc(C(=O)NC[C@@H](O)c3ccccc3)nn2)nn1. The van der Waals surface area contributed by atoms with Gasteiger partial charge in [-0.05, 0) is 36.1 Å². The van der Waals surface area contributed by atoms with Gasteiger partial charge in [0.2, 0.25) is 0 Å². The number of amides is 2. The van der Waals surface area contributed by atoms with Crippen LogP contribution in [0.3, 0.4) is 0 Å². The van der Waals surface area contributed by atoms with Gasteiger partial charge < -0.3 is 20.5 Å². The van der Waals surface area contributed by atoms with E-state index in [-0.39, 0.29) is 30.2 Å². The zero-order valence-electron chi connectivity index (χ0n) is 21.7. The molecule has 0 saturated carbocycles. The Morgan fingerprint density at radius 1 is 0.878 bits per heavy atom. The summed E-state index contributed by atoms with van der Waals surface area (Å²) in [4.78, 5) is 24.7. The Bertz CT molecular complexity index is 1440. The summed E-state index contributed by atoms with van der Waals surface area (Å²) in [5, 5.41) is 31.0. The molecule has 2 amide bonds. The fourth-order valence-electron chi connectivity index (χ4n) is 3.77. The molecule has 216 valence electrons. The number of carbonyl (C=O) groups excluding carboxylic acids is 2. The summed E-state index contributed by atoms with van der Waals surface area (Å²) >= 11 is 0. The number of aliphatic hydroxyl groups is 1. The first-order valence-electron chi connectivity index (χ1n) is 12.6. The van der Waals surface area contributed by atoms with Crippen molar-refractivity contribution >= 4 is 11.8 Å². The smallest absolute Gasteiger partial charge is 0.406 e. The number of alkyl halides is 3. The number of hydrogen-bond donors (Lipinski definition) is 3. The highest BCUT2D eigenvalue weighted by atomic mass is 19.4. The highest BCUT2D eigenvalue weighted by Crippen LogP contribution is 2.23. The van der Waals surface area contributed by atoms with Crippen LogP contribution in [0, 0.1) is 0 Å². The molecule has 0 aliphatic heterocycles. The lowest BCUT2D eigenvalue weighted by molar-refractivity contribution is -0.274. The lowest BCUT2D eigenvalue weighted by Gasteiger charge is -2.11. The zero-order chi connectivity index (χ0) is 29.2. The number of carbonyl (C=O) groups is 2. The van der Waals surface area contributed by atoms with Gasteiger partial charge in [-0.3, -0.25) is 19.0 Å². The molecular formula is C26H27F3N8O4. The molecule has 0 aliphatic rings. The summed E-state index contributed by atoms with van der Waals surface area (Å²) in [5.41, 5.74) is 1.32. The lowest BCUT2D eigenvalue weighted by atomic mass is 10.1. The van der Waals surface area contributed by atoms with E-state index >= 15 is 0 Å². The topological polar surface area (TPSA) is 149 Å². The number of hydrogen-bond acceptors (Lipinski definition) is 8. The van der Waals surface area contributed by atoms with Crippen molar-refractivity contribution in [2.24, 2.45) is 0 Å². The van der Waals surface area contributed by atoms with Crippen LogP contribution in [-0.2, 0) is 19.6 Å². The van der Waals surface area contributed by atoms with Crippen LogP contribution in [0.1, 0.15) is 51.0 Å². The molecule has 0 aliphatic carbocycles. The number of nitrogens with zero attached hydrogens (tertiary/aromatic N) is 6. The number of aryl methyl sites for hydroxylation is 2. The van der Waals surface area contributed by atoms with Crippen molar-refractivity contribution in [2.45, 2.75) is 44.9 Å². The molecular weight excluding hydrogens is 545 g/mol. The van der Waals surface area contributed by atoms with E-state index < -0.39 is 24.3 Å². The number of aromatic nitrogens is 6. The number of rotatable bonds is 13. The minimum absolute atomic E-state index is 0.0216. The Morgan fingerprint density at radius 2 is 1.49 bits per heavy atom. The third-order valence-corrected chi connectivity index (χ3v) is 5.79. The van der Waals surface area contributed by atoms with Crippen molar-refractivity contribution in [1.82, 2.24) is 40.6 Å². The van der Waals surface area contributed by atoms with Gasteiger partial charge in [0, 0.05) is 26.2 Å². The van der Waals surface area contributed by atoms with Gasteiger partial charge in [-0.1, -0.05) is 52.9 Å². The van der Waals surface area contributed by atoms with Crippen LogP contribution in [0.15, 0.2) is 67.0 Å². The molecule has 41 heavy (non-hydrogen) atoms. The Labute approximate surface area is 232 Å². The van der Waals surface area contributed by atoms with Crippen LogP contribution in [0.5, 0.6) is 5.75 Å². The second-order valence-corrected chi connectivity index (χ2v) is 8.96. The molecule has 4 rings (SSSR count). The molecule has 2 aromatic heterocycles. The molecule has 0 spiro atoms. The maximum atomic E-state index is 12.4. The van der Waals surface area contributed by atoms with Gasteiger partial charge in [0.1, 0.15) is 5.75 Å². The first kappa shape index (κ1) is 29.2. The van der Waals surface area contributed by atoms with Crippen molar-refractivity contribution in [3.05, 3.63) is 89.5 Å². The first-order valence-corrected chi connectivity index (χ1v) is 12.6.